The predicted molar refractivity (Wildman–Crippen MR) is 79.7 cm³/mol. The van der Waals surface area contributed by atoms with Crippen LogP contribution in [-0.2, 0) is 0 Å². The zero-order valence-corrected chi connectivity index (χ0v) is 12.3. The number of aromatic nitrogens is 1. The van der Waals surface area contributed by atoms with Crippen LogP contribution in [0.5, 0.6) is 0 Å². The molecule has 2 N–H and O–H groups in total. The van der Waals surface area contributed by atoms with Crippen LogP contribution in [0.2, 0.25) is 0 Å². The highest BCUT2D eigenvalue weighted by Crippen LogP contribution is 2.37. The van der Waals surface area contributed by atoms with Crippen molar-refractivity contribution in [1.82, 2.24) is 4.98 Å². The van der Waals surface area contributed by atoms with E-state index in [4.69, 9.17) is 5.73 Å². The Kier molecular flexibility index (Phi) is 3.83. The summed E-state index contributed by atoms with van der Waals surface area (Å²) in [5.74, 6) is 1.37. The third kappa shape index (κ3) is 3.00. The third-order valence-corrected chi connectivity index (χ3v) is 4.09. The number of piperidine rings is 1. The highest BCUT2D eigenvalue weighted by atomic mass is 16.6. The minimum Gasteiger partial charge on any atom is -0.384 e. The van der Waals surface area contributed by atoms with Gasteiger partial charge in [0.15, 0.2) is 0 Å². The second kappa shape index (κ2) is 5.26. The van der Waals surface area contributed by atoms with E-state index in [1.165, 1.54) is 12.1 Å². The van der Waals surface area contributed by atoms with Crippen molar-refractivity contribution in [3.63, 3.8) is 0 Å². The monoisotopic (exact) mass is 278 g/mol. The van der Waals surface area contributed by atoms with Crippen molar-refractivity contribution in [2.24, 2.45) is 11.3 Å². The summed E-state index contributed by atoms with van der Waals surface area (Å²) in [6.07, 6.45) is 2.05. The van der Waals surface area contributed by atoms with Crippen molar-refractivity contribution in [3.05, 3.63) is 22.2 Å². The molecule has 1 fully saturated rings. The number of nitro groups is 1. The molecule has 1 aliphatic heterocycles. The fraction of sp³-hybridized carbons (Fsp3) is 0.643. The van der Waals surface area contributed by atoms with E-state index in [9.17, 15) is 10.1 Å². The molecule has 0 radical (unpaired) electrons. The van der Waals surface area contributed by atoms with E-state index in [0.717, 1.165) is 25.9 Å². The number of rotatable bonds is 2. The van der Waals surface area contributed by atoms with Crippen molar-refractivity contribution >= 4 is 17.3 Å². The lowest BCUT2D eigenvalue weighted by atomic mass is 9.75. The molecule has 1 aromatic heterocycles. The fourth-order valence-electron chi connectivity index (χ4n) is 2.79. The van der Waals surface area contributed by atoms with Gasteiger partial charge in [-0.05, 0) is 30.2 Å². The summed E-state index contributed by atoms with van der Waals surface area (Å²) < 4.78 is 0. The van der Waals surface area contributed by atoms with Gasteiger partial charge in [0.1, 0.15) is 5.82 Å². The third-order valence-electron chi connectivity index (χ3n) is 4.09. The van der Waals surface area contributed by atoms with Crippen molar-refractivity contribution in [2.45, 2.75) is 33.6 Å². The molecular formula is C14H22N4O2. The average molecular weight is 278 g/mol. The highest BCUT2D eigenvalue weighted by Gasteiger charge is 2.31. The van der Waals surface area contributed by atoms with Gasteiger partial charge in [0.05, 0.1) is 4.92 Å². The molecule has 110 valence electrons. The number of nitrogens with two attached hydrogens (primary N) is 1. The van der Waals surface area contributed by atoms with Crippen molar-refractivity contribution in [1.29, 1.82) is 0 Å². The first-order valence-electron chi connectivity index (χ1n) is 6.95. The normalized spacial score (nSPS) is 17.2. The molecule has 1 saturated heterocycles. The molecule has 6 nitrogen and oxygen atoms in total. The van der Waals surface area contributed by atoms with Gasteiger partial charge in [0.25, 0.3) is 0 Å². The van der Waals surface area contributed by atoms with Crippen molar-refractivity contribution in [3.8, 4) is 0 Å². The van der Waals surface area contributed by atoms with E-state index in [-0.39, 0.29) is 11.1 Å². The lowest BCUT2D eigenvalue weighted by Gasteiger charge is -2.39. The Bertz CT molecular complexity index is 502. The van der Waals surface area contributed by atoms with Gasteiger partial charge in [-0.1, -0.05) is 20.8 Å². The standard InChI is InChI=1S/C14H22N4O2/c1-14(2,3)10-6-8-17(9-7-10)13-11(18(19)20)4-5-12(15)16-13/h4-5,10H,6-9H2,1-3H3,(H2,15,16). The zero-order valence-electron chi connectivity index (χ0n) is 12.3. The Hall–Kier alpha value is -1.85. The molecule has 2 rings (SSSR count). The molecule has 2 heterocycles. The molecule has 0 bridgehead atoms. The smallest absolute Gasteiger partial charge is 0.311 e. The molecule has 1 aliphatic rings. The molecule has 0 spiro atoms. The van der Waals surface area contributed by atoms with Gasteiger partial charge in [-0.3, -0.25) is 10.1 Å². The molecule has 0 aliphatic carbocycles. The Morgan fingerprint density at radius 2 is 1.95 bits per heavy atom. The molecule has 1 aromatic rings. The van der Waals surface area contributed by atoms with E-state index in [1.54, 1.807) is 0 Å². The number of anilines is 2. The first-order valence-corrected chi connectivity index (χ1v) is 6.95. The maximum Gasteiger partial charge on any atom is 0.311 e. The van der Waals surface area contributed by atoms with Gasteiger partial charge in [-0.15, -0.1) is 0 Å². The van der Waals surface area contributed by atoms with Crippen LogP contribution in [0.15, 0.2) is 12.1 Å². The maximum absolute atomic E-state index is 11.1. The lowest BCUT2D eigenvalue weighted by molar-refractivity contribution is -0.384. The van der Waals surface area contributed by atoms with Crippen LogP contribution >= 0.6 is 0 Å². The molecule has 0 unspecified atom stereocenters. The minimum atomic E-state index is -0.391. The largest absolute Gasteiger partial charge is 0.384 e. The minimum absolute atomic E-state index is 0.0356. The first kappa shape index (κ1) is 14.6. The van der Waals surface area contributed by atoms with Crippen molar-refractivity contribution < 1.29 is 4.92 Å². The number of pyridine rings is 1. The van der Waals surface area contributed by atoms with Gasteiger partial charge in [-0.2, -0.15) is 0 Å². The van der Waals surface area contributed by atoms with Gasteiger partial charge in [0, 0.05) is 19.2 Å². The van der Waals surface area contributed by atoms with E-state index in [0.29, 0.717) is 17.6 Å². The average Bonchev–Trinajstić information content (AvgIpc) is 2.37. The summed E-state index contributed by atoms with van der Waals surface area (Å²) in [5, 5.41) is 11.1. The molecule has 0 atom stereocenters. The molecule has 0 saturated carbocycles. The summed E-state index contributed by atoms with van der Waals surface area (Å²) >= 11 is 0. The summed E-state index contributed by atoms with van der Waals surface area (Å²) in [7, 11) is 0. The van der Waals surface area contributed by atoms with Crippen LogP contribution < -0.4 is 10.6 Å². The van der Waals surface area contributed by atoms with Crippen LogP contribution in [0.25, 0.3) is 0 Å². The van der Waals surface area contributed by atoms with Crippen LogP contribution in [-0.4, -0.2) is 23.0 Å². The van der Waals surface area contributed by atoms with Gasteiger partial charge >= 0.3 is 5.69 Å². The Labute approximate surface area is 119 Å². The quantitative estimate of drug-likeness (QED) is 0.664. The van der Waals surface area contributed by atoms with Gasteiger partial charge < -0.3 is 10.6 Å². The van der Waals surface area contributed by atoms with Crippen LogP contribution in [0.3, 0.4) is 0 Å². The summed E-state index contributed by atoms with van der Waals surface area (Å²) in [6.45, 7) is 8.32. The zero-order chi connectivity index (χ0) is 14.9. The van der Waals surface area contributed by atoms with E-state index >= 15 is 0 Å². The van der Waals surface area contributed by atoms with Gasteiger partial charge in [0.2, 0.25) is 5.82 Å². The topological polar surface area (TPSA) is 85.3 Å². The second-order valence-electron chi connectivity index (χ2n) is 6.46. The number of hydrogen-bond acceptors (Lipinski definition) is 5. The molecular weight excluding hydrogens is 256 g/mol. The number of nitrogens with zero attached hydrogens (tertiary/aromatic N) is 3. The number of nitrogen functional groups attached to an aromatic ring is 1. The van der Waals surface area contributed by atoms with Crippen LogP contribution in [0, 0.1) is 21.4 Å². The van der Waals surface area contributed by atoms with E-state index < -0.39 is 4.92 Å². The fourth-order valence-corrected chi connectivity index (χ4v) is 2.79. The Balaban J connectivity index is 2.18. The summed E-state index contributed by atoms with van der Waals surface area (Å²) in [4.78, 5) is 16.9. The maximum atomic E-state index is 11.1. The van der Waals surface area contributed by atoms with E-state index in [2.05, 4.69) is 25.8 Å². The van der Waals surface area contributed by atoms with Gasteiger partial charge in [-0.25, -0.2) is 4.98 Å². The molecule has 6 heteroatoms. The van der Waals surface area contributed by atoms with Crippen LogP contribution in [0.1, 0.15) is 33.6 Å². The molecule has 0 amide bonds. The second-order valence-corrected chi connectivity index (χ2v) is 6.46. The Morgan fingerprint density at radius 1 is 1.35 bits per heavy atom. The highest BCUT2D eigenvalue weighted by molar-refractivity contribution is 5.61. The predicted octanol–water partition coefficient (Wildman–Crippen LogP) is 2.83. The number of hydrogen-bond donors (Lipinski definition) is 1. The molecule has 20 heavy (non-hydrogen) atoms. The Morgan fingerprint density at radius 3 is 2.45 bits per heavy atom. The van der Waals surface area contributed by atoms with Crippen molar-refractivity contribution in [2.75, 3.05) is 23.7 Å². The summed E-state index contributed by atoms with van der Waals surface area (Å²) in [5.41, 5.74) is 5.98. The first-order chi connectivity index (χ1) is 9.29. The summed E-state index contributed by atoms with van der Waals surface area (Å²) in [6, 6.07) is 2.91. The lowest BCUT2D eigenvalue weighted by Crippen LogP contribution is -2.38. The van der Waals surface area contributed by atoms with E-state index in [1.807, 2.05) is 4.90 Å². The SMILES string of the molecule is CC(C)(C)C1CCN(c2nc(N)ccc2[N+](=O)[O-])CC1. The van der Waals surface area contributed by atoms with Crippen LogP contribution in [0.4, 0.5) is 17.3 Å². The molecule has 0 aromatic carbocycles.